The maximum Gasteiger partial charge on any atom is 0.269 e. The molecule has 66 valence electrons. The van der Waals surface area contributed by atoms with E-state index in [2.05, 4.69) is 5.32 Å². The van der Waals surface area contributed by atoms with Crippen LogP contribution < -0.4 is 5.32 Å². The number of halogens is 1. The number of dihydropyridines is 1. The fraction of sp³-hybridized carbons (Fsp3) is 0.429. The molecule has 0 aromatic rings. The first-order chi connectivity index (χ1) is 5.57. The van der Waals surface area contributed by atoms with Crippen molar-refractivity contribution in [3.8, 4) is 0 Å². The fourth-order valence-electron chi connectivity index (χ4n) is 0.924. The molecule has 1 aliphatic rings. The largest absolute Gasteiger partial charge is 0.381 e. The van der Waals surface area contributed by atoms with Gasteiger partial charge in [-0.1, -0.05) is 0 Å². The molecule has 4 nitrogen and oxygen atoms in total. The van der Waals surface area contributed by atoms with Crippen molar-refractivity contribution in [1.29, 1.82) is 0 Å². The summed E-state index contributed by atoms with van der Waals surface area (Å²) in [4.78, 5) is 9.94. The molecule has 0 aliphatic carbocycles. The Kier molecular flexibility index (Phi) is 2.38. The lowest BCUT2D eigenvalue weighted by atomic mass is 10.0. The molecule has 1 atom stereocenters. The zero-order chi connectivity index (χ0) is 9.19. The van der Waals surface area contributed by atoms with Gasteiger partial charge in [-0.2, -0.15) is 0 Å². The highest BCUT2D eigenvalue weighted by atomic mass is 35.5. The van der Waals surface area contributed by atoms with E-state index in [-0.39, 0.29) is 5.70 Å². The molecule has 1 heterocycles. The minimum absolute atomic E-state index is 0.0805. The predicted molar refractivity (Wildman–Crippen MR) is 46.5 cm³/mol. The van der Waals surface area contributed by atoms with Crippen molar-refractivity contribution < 1.29 is 4.92 Å². The number of nitrogens with zero attached hydrogens (tertiary/aromatic N) is 1. The Morgan fingerprint density at radius 2 is 2.50 bits per heavy atom. The van der Waals surface area contributed by atoms with Crippen LogP contribution in [-0.2, 0) is 0 Å². The maximum atomic E-state index is 10.4. The summed E-state index contributed by atoms with van der Waals surface area (Å²) in [5, 5.41) is 13.3. The third-order valence-corrected chi connectivity index (χ3v) is 2.18. The van der Waals surface area contributed by atoms with Crippen molar-refractivity contribution in [2.75, 3.05) is 5.88 Å². The molecule has 1 aliphatic heterocycles. The maximum absolute atomic E-state index is 10.4. The fourth-order valence-corrected chi connectivity index (χ4v) is 1.08. The smallest absolute Gasteiger partial charge is 0.269 e. The SMILES string of the molecule is CC1(CCl)C=C([N+](=O)[O-])C=CN1. The van der Waals surface area contributed by atoms with E-state index in [0.29, 0.717) is 5.88 Å². The van der Waals surface area contributed by atoms with Crippen molar-refractivity contribution >= 4 is 11.6 Å². The normalized spacial score (nSPS) is 27.7. The van der Waals surface area contributed by atoms with E-state index in [1.807, 2.05) is 0 Å². The summed E-state index contributed by atoms with van der Waals surface area (Å²) in [5.41, 5.74) is -0.421. The first-order valence-electron chi connectivity index (χ1n) is 3.45. The topological polar surface area (TPSA) is 55.2 Å². The van der Waals surface area contributed by atoms with Gasteiger partial charge in [0.15, 0.2) is 0 Å². The number of nitro groups is 1. The molecule has 0 saturated heterocycles. The van der Waals surface area contributed by atoms with Crippen LogP contribution in [0.4, 0.5) is 0 Å². The van der Waals surface area contributed by atoms with E-state index in [0.717, 1.165) is 0 Å². The van der Waals surface area contributed by atoms with Crippen LogP contribution in [0.2, 0.25) is 0 Å². The Labute approximate surface area is 75.0 Å². The molecule has 1 unspecified atom stereocenters. The summed E-state index contributed by atoms with van der Waals surface area (Å²) < 4.78 is 0. The van der Waals surface area contributed by atoms with Crippen LogP contribution in [0.3, 0.4) is 0 Å². The van der Waals surface area contributed by atoms with E-state index in [9.17, 15) is 10.1 Å². The van der Waals surface area contributed by atoms with Gasteiger partial charge in [0.1, 0.15) is 0 Å². The van der Waals surface area contributed by atoms with Gasteiger partial charge in [0.25, 0.3) is 5.70 Å². The number of allylic oxidation sites excluding steroid dienone is 1. The monoisotopic (exact) mass is 188 g/mol. The Hall–Kier alpha value is -1.03. The first-order valence-corrected chi connectivity index (χ1v) is 3.98. The van der Waals surface area contributed by atoms with Gasteiger partial charge in [0, 0.05) is 24.2 Å². The van der Waals surface area contributed by atoms with Crippen molar-refractivity contribution in [1.82, 2.24) is 5.32 Å². The molecule has 1 rings (SSSR count). The molecule has 5 heteroatoms. The lowest BCUT2D eigenvalue weighted by molar-refractivity contribution is -0.419. The molecular formula is C7H9ClN2O2. The highest BCUT2D eigenvalue weighted by Gasteiger charge is 2.25. The molecule has 0 saturated carbocycles. The van der Waals surface area contributed by atoms with Crippen LogP contribution in [0.25, 0.3) is 0 Å². The average Bonchev–Trinajstić information content (AvgIpc) is 2.05. The predicted octanol–water partition coefficient (Wildman–Crippen LogP) is 1.26. The second kappa shape index (κ2) is 3.15. The second-order valence-electron chi connectivity index (χ2n) is 2.86. The molecule has 0 spiro atoms. The van der Waals surface area contributed by atoms with E-state index in [1.165, 1.54) is 12.2 Å². The number of alkyl halides is 1. The zero-order valence-electron chi connectivity index (χ0n) is 6.58. The Bertz CT molecular complexity index is 262. The molecule has 0 bridgehead atoms. The average molecular weight is 189 g/mol. The van der Waals surface area contributed by atoms with Crippen molar-refractivity contribution in [3.05, 3.63) is 34.2 Å². The van der Waals surface area contributed by atoms with Gasteiger partial charge in [0.2, 0.25) is 0 Å². The van der Waals surface area contributed by atoms with Gasteiger partial charge in [0.05, 0.1) is 10.5 Å². The van der Waals surface area contributed by atoms with E-state index in [1.54, 1.807) is 13.1 Å². The van der Waals surface area contributed by atoms with Gasteiger partial charge in [-0.05, 0) is 6.92 Å². The summed E-state index contributed by atoms with van der Waals surface area (Å²) in [6.07, 6.45) is 4.47. The van der Waals surface area contributed by atoms with Crippen LogP contribution in [0.15, 0.2) is 24.0 Å². The van der Waals surface area contributed by atoms with Gasteiger partial charge in [-0.15, -0.1) is 11.6 Å². The molecule has 0 aromatic carbocycles. The van der Waals surface area contributed by atoms with Gasteiger partial charge in [-0.25, -0.2) is 0 Å². The minimum Gasteiger partial charge on any atom is -0.381 e. The van der Waals surface area contributed by atoms with Crippen LogP contribution in [0, 0.1) is 10.1 Å². The molecule has 12 heavy (non-hydrogen) atoms. The van der Waals surface area contributed by atoms with Gasteiger partial charge >= 0.3 is 0 Å². The summed E-state index contributed by atoms with van der Waals surface area (Å²) in [5.74, 6) is 0.300. The molecule has 1 N–H and O–H groups in total. The minimum atomic E-state index is -0.501. The molecule has 0 aromatic heterocycles. The molecule has 0 radical (unpaired) electrons. The summed E-state index contributed by atoms with van der Waals surface area (Å²) >= 11 is 5.63. The number of rotatable bonds is 2. The lowest BCUT2D eigenvalue weighted by Gasteiger charge is -2.25. The third kappa shape index (κ3) is 1.76. The Morgan fingerprint density at radius 3 is 3.00 bits per heavy atom. The molecule has 0 amide bonds. The first kappa shape index (κ1) is 9.06. The third-order valence-electron chi connectivity index (χ3n) is 1.62. The number of nitrogens with one attached hydrogen (secondary N) is 1. The zero-order valence-corrected chi connectivity index (χ0v) is 7.34. The standard InChI is InChI=1S/C7H9ClN2O2/c1-7(5-8)4-6(10(11)12)2-3-9-7/h2-4,9H,5H2,1H3. The van der Waals surface area contributed by atoms with E-state index >= 15 is 0 Å². The van der Waals surface area contributed by atoms with E-state index in [4.69, 9.17) is 11.6 Å². The van der Waals surface area contributed by atoms with Crippen molar-refractivity contribution in [2.24, 2.45) is 0 Å². The summed E-state index contributed by atoms with van der Waals surface area (Å²) in [6.45, 7) is 1.80. The second-order valence-corrected chi connectivity index (χ2v) is 3.12. The van der Waals surface area contributed by atoms with Crippen molar-refractivity contribution in [3.63, 3.8) is 0 Å². The highest BCUT2D eigenvalue weighted by Crippen LogP contribution is 2.16. The summed E-state index contributed by atoms with van der Waals surface area (Å²) in [7, 11) is 0. The lowest BCUT2D eigenvalue weighted by Crippen LogP contribution is -2.41. The Balaban J connectivity index is 2.89. The molecule has 0 fully saturated rings. The van der Waals surface area contributed by atoms with Gasteiger partial charge in [-0.3, -0.25) is 10.1 Å². The van der Waals surface area contributed by atoms with Crippen LogP contribution in [0.1, 0.15) is 6.92 Å². The van der Waals surface area contributed by atoms with Crippen LogP contribution >= 0.6 is 11.6 Å². The van der Waals surface area contributed by atoms with Crippen LogP contribution in [0.5, 0.6) is 0 Å². The van der Waals surface area contributed by atoms with Gasteiger partial charge < -0.3 is 5.32 Å². The summed E-state index contributed by atoms with van der Waals surface area (Å²) in [6, 6.07) is 0. The Morgan fingerprint density at radius 1 is 1.83 bits per heavy atom. The number of hydrogen-bond acceptors (Lipinski definition) is 3. The van der Waals surface area contributed by atoms with E-state index < -0.39 is 10.5 Å². The molecular weight excluding hydrogens is 180 g/mol. The quantitative estimate of drug-likeness (QED) is 0.403. The van der Waals surface area contributed by atoms with Crippen molar-refractivity contribution in [2.45, 2.75) is 12.5 Å². The van der Waals surface area contributed by atoms with Crippen LogP contribution in [-0.4, -0.2) is 16.3 Å². The highest BCUT2D eigenvalue weighted by molar-refractivity contribution is 6.18. The number of hydrogen-bond donors (Lipinski definition) is 1.